The van der Waals surface area contributed by atoms with Gasteiger partial charge < -0.3 is 14.7 Å². The first-order chi connectivity index (χ1) is 18.1. The molecule has 0 bridgehead atoms. The molecule has 1 aliphatic heterocycles. The van der Waals surface area contributed by atoms with Crippen LogP contribution in [0.2, 0.25) is 0 Å². The van der Waals surface area contributed by atoms with Gasteiger partial charge in [0.05, 0.1) is 21.6 Å². The Labute approximate surface area is 226 Å². The summed E-state index contributed by atoms with van der Waals surface area (Å²) in [7, 11) is -5.17. The molecule has 222 valence electrons. The van der Waals surface area contributed by atoms with Crippen molar-refractivity contribution in [2.24, 2.45) is 11.3 Å². The molecule has 6 nitrogen and oxygen atoms in total. The van der Waals surface area contributed by atoms with Crippen LogP contribution in [0.3, 0.4) is 0 Å². The van der Waals surface area contributed by atoms with E-state index in [4.69, 9.17) is 4.74 Å². The zero-order valence-electron chi connectivity index (χ0n) is 22.0. The van der Waals surface area contributed by atoms with Crippen molar-refractivity contribution in [2.45, 2.75) is 62.5 Å². The molecule has 0 unspecified atom stereocenters. The molecule has 0 aliphatic carbocycles. The number of halogens is 7. The largest absolute Gasteiger partial charge is 0.492 e. The highest BCUT2D eigenvalue weighted by atomic mass is 32.2. The molecule has 0 saturated carbocycles. The number of ether oxygens (including phenoxy) is 1. The van der Waals surface area contributed by atoms with Crippen LogP contribution in [0.4, 0.5) is 42.1 Å². The number of sulfone groups is 1. The van der Waals surface area contributed by atoms with Crippen molar-refractivity contribution >= 4 is 27.2 Å². The third-order valence-electron chi connectivity index (χ3n) is 6.84. The van der Waals surface area contributed by atoms with E-state index in [-0.39, 0.29) is 5.69 Å². The van der Waals surface area contributed by atoms with E-state index in [1.54, 1.807) is 0 Å². The van der Waals surface area contributed by atoms with E-state index in [0.29, 0.717) is 26.0 Å². The highest BCUT2D eigenvalue weighted by molar-refractivity contribution is 7.92. The fourth-order valence-electron chi connectivity index (χ4n) is 4.20. The first-order valence-corrected chi connectivity index (χ1v) is 13.5. The van der Waals surface area contributed by atoms with Crippen LogP contribution in [0.15, 0.2) is 41.3 Å². The molecule has 0 amide bonds. The molecule has 14 heteroatoms. The van der Waals surface area contributed by atoms with Crippen LogP contribution < -0.4 is 9.64 Å². The number of alkyl halides is 6. The highest BCUT2D eigenvalue weighted by Crippen LogP contribution is 2.50. The SMILES string of the molecule is CC(F)(F)CC[C@@H]1CN(c2ccc(F)cc2)c2cc(C(F)(F)F)c(OCC(C)(C)C(=O)O)cc2S(=O)(=O)[C@]1(C)F. The molecule has 40 heavy (non-hydrogen) atoms. The Morgan fingerprint density at radius 3 is 2.17 bits per heavy atom. The number of carboxylic acids is 1. The lowest BCUT2D eigenvalue weighted by Gasteiger charge is -2.32. The Morgan fingerprint density at radius 2 is 1.68 bits per heavy atom. The number of nitrogens with zero attached hydrogens (tertiary/aromatic N) is 1. The number of hydrogen-bond donors (Lipinski definition) is 1. The molecule has 2 atom stereocenters. The van der Waals surface area contributed by atoms with Crippen molar-refractivity contribution in [2.75, 3.05) is 18.1 Å². The standard InChI is InChI=1S/C26H28F7NO5S/c1-23(2,22(35)36)14-39-20-12-21-19(11-18(20)26(31,32)33)34(17-7-5-16(27)6-8-17)13-15(9-10-24(3,28)29)25(4,30)40(21,37)38/h5-8,11-12,15H,9-10,13-14H2,1-4H3,(H,35,36)/t15-,25+/m1/s1. The third kappa shape index (κ3) is 6.31. The molecule has 1 N–H and O–H groups in total. The van der Waals surface area contributed by atoms with E-state index in [9.17, 15) is 44.7 Å². The lowest BCUT2D eigenvalue weighted by atomic mass is 9.95. The summed E-state index contributed by atoms with van der Waals surface area (Å²) in [6.07, 6.45) is -6.69. The Morgan fingerprint density at radius 1 is 1.10 bits per heavy atom. The van der Waals surface area contributed by atoms with Crippen LogP contribution >= 0.6 is 0 Å². The highest BCUT2D eigenvalue weighted by Gasteiger charge is 2.53. The number of carboxylic acid groups (broad SMARTS) is 1. The molecule has 2 aromatic rings. The van der Waals surface area contributed by atoms with Gasteiger partial charge in [-0.25, -0.2) is 26.0 Å². The summed E-state index contributed by atoms with van der Waals surface area (Å²) >= 11 is 0. The second-order valence-corrected chi connectivity index (χ2v) is 12.9. The number of hydrogen-bond acceptors (Lipinski definition) is 5. The Bertz CT molecular complexity index is 1370. The minimum absolute atomic E-state index is 0.0161. The van der Waals surface area contributed by atoms with E-state index in [1.165, 1.54) is 13.8 Å². The van der Waals surface area contributed by atoms with Gasteiger partial charge in [-0.2, -0.15) is 13.2 Å². The number of anilines is 2. The summed E-state index contributed by atoms with van der Waals surface area (Å²) in [5, 5.41) is 6.09. The first-order valence-electron chi connectivity index (χ1n) is 12.0. The Balaban J connectivity index is 2.32. The van der Waals surface area contributed by atoms with Gasteiger partial charge in [0.2, 0.25) is 20.8 Å². The summed E-state index contributed by atoms with van der Waals surface area (Å²) < 4.78 is 132. The van der Waals surface area contributed by atoms with Crippen LogP contribution in [-0.4, -0.2) is 43.6 Å². The van der Waals surface area contributed by atoms with Crippen molar-refractivity contribution < 1.29 is 53.8 Å². The van der Waals surface area contributed by atoms with Crippen molar-refractivity contribution in [3.8, 4) is 5.75 Å². The second kappa shape index (κ2) is 10.4. The van der Waals surface area contributed by atoms with Crippen molar-refractivity contribution in [1.82, 2.24) is 0 Å². The maximum atomic E-state index is 16.3. The predicted molar refractivity (Wildman–Crippen MR) is 132 cm³/mol. The molecule has 3 rings (SSSR count). The molecule has 0 aromatic heterocycles. The van der Waals surface area contributed by atoms with Crippen molar-refractivity contribution in [3.63, 3.8) is 0 Å². The first kappa shape index (κ1) is 31.5. The van der Waals surface area contributed by atoms with E-state index in [2.05, 4.69) is 0 Å². The lowest BCUT2D eigenvalue weighted by molar-refractivity contribution is -0.148. The van der Waals surface area contributed by atoms with E-state index in [0.717, 1.165) is 29.2 Å². The lowest BCUT2D eigenvalue weighted by Crippen LogP contribution is -2.41. The molecule has 1 aliphatic rings. The second-order valence-electron chi connectivity index (χ2n) is 10.7. The van der Waals surface area contributed by atoms with Crippen LogP contribution in [0.1, 0.15) is 46.1 Å². The Hall–Kier alpha value is -3.03. The zero-order chi connectivity index (χ0) is 30.5. The van der Waals surface area contributed by atoms with Crippen LogP contribution in [0.25, 0.3) is 0 Å². The van der Waals surface area contributed by atoms with Gasteiger partial charge in [-0.15, -0.1) is 0 Å². The summed E-state index contributed by atoms with van der Waals surface area (Å²) in [4.78, 5) is 11.5. The molecule has 0 saturated heterocycles. The average Bonchev–Trinajstić information content (AvgIpc) is 2.87. The number of aliphatic carboxylic acids is 1. The summed E-state index contributed by atoms with van der Waals surface area (Å²) in [5.74, 6) is -8.12. The maximum absolute atomic E-state index is 16.3. The van der Waals surface area contributed by atoms with Gasteiger partial charge in [0.25, 0.3) is 0 Å². The van der Waals surface area contributed by atoms with Gasteiger partial charge in [0.1, 0.15) is 18.2 Å². The zero-order valence-corrected chi connectivity index (χ0v) is 22.8. The van der Waals surface area contributed by atoms with Crippen LogP contribution in [0.5, 0.6) is 5.75 Å². The van der Waals surface area contributed by atoms with E-state index < -0.39 is 97.9 Å². The molecular formula is C26H28F7NO5S. The van der Waals surface area contributed by atoms with Crippen LogP contribution in [0, 0.1) is 17.2 Å². The fraction of sp³-hybridized carbons (Fsp3) is 0.500. The Kier molecular flexibility index (Phi) is 8.21. The number of fused-ring (bicyclic) bond motifs is 1. The summed E-state index contributed by atoms with van der Waals surface area (Å²) in [6, 6.07) is 5.06. The van der Waals surface area contributed by atoms with E-state index in [1.807, 2.05) is 0 Å². The summed E-state index contributed by atoms with van der Waals surface area (Å²) in [5.41, 5.74) is -3.80. The molecule has 1 heterocycles. The minimum atomic E-state index is -5.17. The third-order valence-corrected chi connectivity index (χ3v) is 9.13. The quantitative estimate of drug-likeness (QED) is 0.329. The normalized spacial score (nSPS) is 21.5. The monoisotopic (exact) mass is 599 g/mol. The van der Waals surface area contributed by atoms with Gasteiger partial charge in [-0.05, 0) is 64.4 Å². The maximum Gasteiger partial charge on any atom is 0.420 e. The van der Waals surface area contributed by atoms with Crippen molar-refractivity contribution in [1.29, 1.82) is 0 Å². The summed E-state index contributed by atoms with van der Waals surface area (Å²) in [6.45, 7) is 2.14. The molecule has 2 aromatic carbocycles. The van der Waals surface area contributed by atoms with Gasteiger partial charge in [-0.3, -0.25) is 4.79 Å². The van der Waals surface area contributed by atoms with Gasteiger partial charge in [-0.1, -0.05) is 0 Å². The molecule has 0 spiro atoms. The minimum Gasteiger partial charge on any atom is -0.492 e. The smallest absolute Gasteiger partial charge is 0.420 e. The molecular weight excluding hydrogens is 571 g/mol. The van der Waals surface area contributed by atoms with Gasteiger partial charge in [0.15, 0.2) is 0 Å². The predicted octanol–water partition coefficient (Wildman–Crippen LogP) is 7.00. The van der Waals surface area contributed by atoms with Gasteiger partial charge in [0, 0.05) is 30.6 Å². The number of rotatable bonds is 8. The number of carbonyl (C=O) groups is 1. The topological polar surface area (TPSA) is 83.9 Å². The van der Waals surface area contributed by atoms with Crippen LogP contribution in [-0.2, 0) is 20.8 Å². The molecule has 0 fully saturated rings. The van der Waals surface area contributed by atoms with E-state index >= 15 is 4.39 Å². The fourth-order valence-corrected chi connectivity index (χ4v) is 5.96. The molecule has 0 radical (unpaired) electrons. The number of benzene rings is 2. The van der Waals surface area contributed by atoms with Crippen molar-refractivity contribution in [3.05, 3.63) is 47.8 Å². The van der Waals surface area contributed by atoms with Gasteiger partial charge >= 0.3 is 12.1 Å². The average molecular weight is 600 g/mol.